The van der Waals surface area contributed by atoms with Crippen molar-refractivity contribution in [2.75, 3.05) is 5.32 Å². The van der Waals surface area contributed by atoms with E-state index in [2.05, 4.69) is 5.32 Å². The highest BCUT2D eigenvalue weighted by Crippen LogP contribution is 2.29. The van der Waals surface area contributed by atoms with Crippen molar-refractivity contribution in [2.24, 2.45) is 0 Å². The smallest absolute Gasteiger partial charge is 0.307 e. The highest BCUT2D eigenvalue weighted by atomic mass is 32.2. The van der Waals surface area contributed by atoms with Gasteiger partial charge in [0.05, 0.1) is 16.6 Å². The maximum Gasteiger partial charge on any atom is 0.307 e. The van der Waals surface area contributed by atoms with Crippen molar-refractivity contribution >= 4 is 27.4 Å². The number of aliphatic carboxylic acids is 1. The van der Waals surface area contributed by atoms with Crippen LogP contribution in [0.15, 0.2) is 53.4 Å². The fourth-order valence-corrected chi connectivity index (χ4v) is 5.13. The van der Waals surface area contributed by atoms with E-state index in [0.717, 1.165) is 12.8 Å². The van der Waals surface area contributed by atoms with Crippen LogP contribution in [0, 0.1) is 0 Å². The zero-order valence-electron chi connectivity index (χ0n) is 14.7. The van der Waals surface area contributed by atoms with Gasteiger partial charge in [-0.25, -0.2) is 8.42 Å². The largest absolute Gasteiger partial charge is 0.481 e. The molecule has 1 fully saturated rings. The first-order valence-electron chi connectivity index (χ1n) is 8.82. The number of carbonyl (C=O) groups excluding carboxylic acids is 1. The summed E-state index contributed by atoms with van der Waals surface area (Å²) in [6.45, 7) is 0. The lowest BCUT2D eigenvalue weighted by Crippen LogP contribution is -2.18. The first-order chi connectivity index (χ1) is 12.9. The van der Waals surface area contributed by atoms with Gasteiger partial charge in [-0.2, -0.15) is 0 Å². The predicted octanol–water partition coefficient (Wildman–Crippen LogP) is 3.28. The molecule has 0 aliphatic heterocycles. The van der Waals surface area contributed by atoms with Crippen LogP contribution in [0.3, 0.4) is 0 Å². The van der Waals surface area contributed by atoms with E-state index in [9.17, 15) is 18.0 Å². The Bertz CT molecular complexity index is 927. The first kappa shape index (κ1) is 19.1. The standard InChI is InChI=1S/C20H21NO5S/c22-19(23)13-14-5-9-16(10-6-14)21-20(24)15-7-11-18(12-8-15)27(25,26)17-3-1-2-4-17/h5-12,17H,1-4,13H2,(H,21,24)(H,22,23). The molecule has 2 aromatic rings. The Morgan fingerprint density at radius 3 is 2.11 bits per heavy atom. The molecule has 2 aromatic carbocycles. The average Bonchev–Trinajstić information content (AvgIpc) is 3.18. The van der Waals surface area contributed by atoms with Gasteiger partial charge in [0.25, 0.3) is 5.91 Å². The molecule has 1 aliphatic rings. The Kier molecular flexibility index (Phi) is 5.60. The van der Waals surface area contributed by atoms with E-state index < -0.39 is 15.8 Å². The highest BCUT2D eigenvalue weighted by Gasteiger charge is 2.30. The van der Waals surface area contributed by atoms with Crippen molar-refractivity contribution in [3.8, 4) is 0 Å². The van der Waals surface area contributed by atoms with Crippen molar-refractivity contribution in [3.63, 3.8) is 0 Å². The number of rotatable bonds is 6. The minimum Gasteiger partial charge on any atom is -0.481 e. The van der Waals surface area contributed by atoms with E-state index in [1.54, 1.807) is 24.3 Å². The van der Waals surface area contributed by atoms with Crippen molar-refractivity contribution in [1.29, 1.82) is 0 Å². The Morgan fingerprint density at radius 2 is 1.56 bits per heavy atom. The number of hydrogen-bond acceptors (Lipinski definition) is 4. The molecular weight excluding hydrogens is 366 g/mol. The van der Waals surface area contributed by atoms with Gasteiger partial charge in [-0.3, -0.25) is 9.59 Å². The molecule has 27 heavy (non-hydrogen) atoms. The molecule has 0 heterocycles. The van der Waals surface area contributed by atoms with Gasteiger partial charge in [0.1, 0.15) is 0 Å². The van der Waals surface area contributed by atoms with Gasteiger partial charge < -0.3 is 10.4 Å². The maximum absolute atomic E-state index is 12.6. The minimum absolute atomic E-state index is 0.0782. The zero-order valence-corrected chi connectivity index (χ0v) is 15.5. The second kappa shape index (κ2) is 7.92. The summed E-state index contributed by atoms with van der Waals surface area (Å²) in [7, 11) is -3.33. The van der Waals surface area contributed by atoms with Gasteiger partial charge in [0.15, 0.2) is 9.84 Å². The van der Waals surface area contributed by atoms with Crippen molar-refractivity contribution in [1.82, 2.24) is 0 Å². The molecular formula is C20H21NO5S. The van der Waals surface area contributed by atoms with Crippen molar-refractivity contribution < 1.29 is 23.1 Å². The van der Waals surface area contributed by atoms with Gasteiger partial charge >= 0.3 is 5.97 Å². The monoisotopic (exact) mass is 387 g/mol. The van der Waals surface area contributed by atoms with Gasteiger partial charge in [-0.15, -0.1) is 0 Å². The summed E-state index contributed by atoms with van der Waals surface area (Å²) in [5, 5.41) is 11.2. The predicted molar refractivity (Wildman–Crippen MR) is 102 cm³/mol. The van der Waals surface area contributed by atoms with Crippen molar-refractivity contribution in [2.45, 2.75) is 42.2 Å². The summed E-state index contributed by atoms with van der Waals surface area (Å²) >= 11 is 0. The lowest BCUT2D eigenvalue weighted by molar-refractivity contribution is -0.136. The third-order valence-corrected chi connectivity index (χ3v) is 7.03. The van der Waals surface area contributed by atoms with Crippen LogP contribution >= 0.6 is 0 Å². The molecule has 0 bridgehead atoms. The third kappa shape index (κ3) is 4.54. The molecule has 1 amide bonds. The maximum atomic E-state index is 12.6. The van der Waals surface area contributed by atoms with Crippen LogP contribution < -0.4 is 5.32 Å². The lowest BCUT2D eigenvalue weighted by atomic mass is 10.1. The van der Waals surface area contributed by atoms with Crippen LogP contribution in [-0.2, 0) is 21.1 Å². The number of carbonyl (C=O) groups is 2. The van der Waals surface area contributed by atoms with Gasteiger partial charge in [-0.05, 0) is 54.8 Å². The number of carboxylic acid groups (broad SMARTS) is 1. The van der Waals surface area contributed by atoms with Crippen LogP contribution in [0.25, 0.3) is 0 Å². The number of benzene rings is 2. The van der Waals surface area contributed by atoms with Crippen LogP contribution in [0.2, 0.25) is 0 Å². The number of sulfone groups is 1. The number of amides is 1. The molecule has 3 rings (SSSR count). The molecule has 7 heteroatoms. The zero-order chi connectivity index (χ0) is 19.4. The molecule has 1 aliphatic carbocycles. The normalized spacial score (nSPS) is 14.8. The molecule has 0 unspecified atom stereocenters. The van der Waals surface area contributed by atoms with Crippen LogP contribution in [0.5, 0.6) is 0 Å². The summed E-state index contributed by atoms with van der Waals surface area (Å²) in [4.78, 5) is 23.3. The van der Waals surface area contributed by atoms with Gasteiger partial charge in [0.2, 0.25) is 0 Å². The van der Waals surface area contributed by atoms with Crippen LogP contribution in [0.1, 0.15) is 41.6 Å². The highest BCUT2D eigenvalue weighted by molar-refractivity contribution is 7.92. The summed E-state index contributed by atoms with van der Waals surface area (Å²) in [6.07, 6.45) is 3.20. The van der Waals surface area contributed by atoms with E-state index in [1.165, 1.54) is 24.3 Å². The van der Waals surface area contributed by atoms with E-state index in [-0.39, 0.29) is 22.5 Å². The summed E-state index contributed by atoms with van der Waals surface area (Å²) in [6, 6.07) is 12.5. The molecule has 1 saturated carbocycles. The SMILES string of the molecule is O=C(O)Cc1ccc(NC(=O)c2ccc(S(=O)(=O)C3CCCC3)cc2)cc1. The number of carboxylic acids is 1. The fraction of sp³-hybridized carbons (Fsp3) is 0.300. The molecule has 0 radical (unpaired) electrons. The van der Waals surface area contributed by atoms with Gasteiger partial charge in [-0.1, -0.05) is 25.0 Å². The Balaban J connectivity index is 1.68. The van der Waals surface area contributed by atoms with E-state index in [1.807, 2.05) is 0 Å². The second-order valence-corrected chi connectivity index (χ2v) is 8.93. The Morgan fingerprint density at radius 1 is 0.963 bits per heavy atom. The van der Waals surface area contributed by atoms with Gasteiger partial charge in [0, 0.05) is 11.3 Å². The first-order valence-corrected chi connectivity index (χ1v) is 10.4. The molecule has 142 valence electrons. The Hall–Kier alpha value is -2.67. The molecule has 0 spiro atoms. The molecule has 0 aromatic heterocycles. The molecule has 0 atom stereocenters. The second-order valence-electron chi connectivity index (χ2n) is 6.70. The van der Waals surface area contributed by atoms with Crippen LogP contribution in [0.4, 0.5) is 5.69 Å². The molecule has 6 nitrogen and oxygen atoms in total. The summed E-state index contributed by atoms with van der Waals surface area (Å²) < 4.78 is 25.1. The number of hydrogen-bond donors (Lipinski definition) is 2. The summed E-state index contributed by atoms with van der Waals surface area (Å²) in [5.41, 5.74) is 1.54. The average molecular weight is 387 g/mol. The lowest BCUT2D eigenvalue weighted by Gasteiger charge is -2.11. The van der Waals surface area contributed by atoms with E-state index >= 15 is 0 Å². The minimum atomic E-state index is -3.33. The number of nitrogens with one attached hydrogen (secondary N) is 1. The topological polar surface area (TPSA) is 101 Å². The van der Waals surface area contributed by atoms with Crippen molar-refractivity contribution in [3.05, 3.63) is 59.7 Å². The fourth-order valence-electron chi connectivity index (χ4n) is 3.27. The summed E-state index contributed by atoms with van der Waals surface area (Å²) in [5.74, 6) is -1.27. The van der Waals surface area contributed by atoms with E-state index in [4.69, 9.17) is 5.11 Å². The third-order valence-electron chi connectivity index (χ3n) is 4.75. The Labute approximate surface area is 158 Å². The molecule has 0 saturated heterocycles. The quantitative estimate of drug-likeness (QED) is 0.792. The van der Waals surface area contributed by atoms with Crippen LogP contribution in [-0.4, -0.2) is 30.7 Å². The van der Waals surface area contributed by atoms with E-state index in [0.29, 0.717) is 29.7 Å². The number of anilines is 1. The molecule has 2 N–H and O–H groups in total.